The number of hydrogen-bond donors (Lipinski definition) is 7. The third-order valence-electron chi connectivity index (χ3n) is 7.96. The molecule has 13 heteroatoms. The van der Waals surface area contributed by atoms with Gasteiger partial charge in [-0.15, -0.1) is 0 Å². The van der Waals surface area contributed by atoms with Gasteiger partial charge in [0.2, 0.25) is 0 Å². The number of aliphatic carboxylic acids is 1. The number of carboxylic acids is 1. The van der Waals surface area contributed by atoms with E-state index in [9.17, 15) is 35.1 Å². The smallest absolute Gasteiger partial charge is 0.335 e. The van der Waals surface area contributed by atoms with Crippen LogP contribution in [0.15, 0.2) is 0 Å². The summed E-state index contributed by atoms with van der Waals surface area (Å²) in [6.45, 7) is 9.37. The Hall–Kier alpha value is -1.58. The van der Waals surface area contributed by atoms with Crippen LogP contribution in [0.5, 0.6) is 0 Å². The predicted molar refractivity (Wildman–Crippen MR) is 139 cm³/mol. The van der Waals surface area contributed by atoms with Crippen molar-refractivity contribution in [1.82, 2.24) is 5.32 Å². The van der Waals surface area contributed by atoms with Crippen LogP contribution in [0.4, 0.5) is 4.79 Å². The van der Waals surface area contributed by atoms with Gasteiger partial charge in [-0.3, -0.25) is 0 Å². The minimum absolute atomic E-state index is 0.0872. The maximum atomic E-state index is 12.1. The summed E-state index contributed by atoms with van der Waals surface area (Å²) in [5.74, 6) is -1.35. The zero-order valence-corrected chi connectivity index (χ0v) is 23.6. The molecule has 228 valence electrons. The fraction of sp³-hybridized carbons (Fsp3) is 0.923. The zero-order valence-electron chi connectivity index (χ0n) is 23.6. The highest BCUT2D eigenvalue weighted by atomic mass is 16.7. The SMILES string of the molecule is CCCC(C)CO[C@@H]1C(C(=O)O)O[C@@H](OC2C(NC(N)=O)C(C(C)(CC)CCC)OC(CO)[C@H]2O)C(O)C1O. The van der Waals surface area contributed by atoms with Gasteiger partial charge in [0.15, 0.2) is 12.4 Å². The molecule has 8 N–H and O–H groups in total. The van der Waals surface area contributed by atoms with Crippen molar-refractivity contribution < 1.29 is 54.1 Å². The standard InChI is InChI=1S/C26H48N2O11/c1-6-9-13(4)12-36-20-17(31)18(32)24(39-21(20)23(33)34)38-19-15(28-25(27)35)22(26(5,8-3)10-7-2)37-14(11-29)16(19)30/h13-22,24,29-32H,6-12H2,1-5H3,(H,33,34)(H3,27,28,35)/t13?,14?,15?,16-,17?,18?,19?,20+,21?,22?,24-,26?/m1/s1. The largest absolute Gasteiger partial charge is 0.479 e. The van der Waals surface area contributed by atoms with E-state index in [1.54, 1.807) is 0 Å². The number of rotatable bonds is 14. The maximum absolute atomic E-state index is 12.1. The Morgan fingerprint density at radius 1 is 1.05 bits per heavy atom. The van der Waals surface area contributed by atoms with E-state index in [4.69, 9.17) is 24.7 Å². The highest BCUT2D eigenvalue weighted by Crippen LogP contribution is 2.41. The number of ether oxygens (including phenoxy) is 4. The summed E-state index contributed by atoms with van der Waals surface area (Å²) in [5.41, 5.74) is 4.91. The Labute approximate surface area is 229 Å². The molecule has 12 atom stereocenters. The number of nitrogens with one attached hydrogen (secondary N) is 1. The number of carboxylic acid groups (broad SMARTS) is 1. The summed E-state index contributed by atoms with van der Waals surface area (Å²) >= 11 is 0. The number of amides is 2. The molecule has 0 aromatic carbocycles. The summed E-state index contributed by atoms with van der Waals surface area (Å²) in [6, 6.07) is -1.98. The molecule has 0 radical (unpaired) electrons. The highest BCUT2D eigenvalue weighted by molar-refractivity contribution is 5.73. The Balaban J connectivity index is 2.38. The number of hydrogen-bond acceptors (Lipinski definition) is 10. The third-order valence-corrected chi connectivity index (χ3v) is 7.96. The average Bonchev–Trinajstić information content (AvgIpc) is 2.87. The molecule has 13 nitrogen and oxygen atoms in total. The van der Waals surface area contributed by atoms with Crippen molar-refractivity contribution >= 4 is 12.0 Å². The van der Waals surface area contributed by atoms with Crippen LogP contribution in [-0.4, -0.2) is 112 Å². The number of primary amides is 1. The lowest BCUT2D eigenvalue weighted by Gasteiger charge is -2.52. The molecule has 9 unspecified atom stereocenters. The summed E-state index contributed by atoms with van der Waals surface area (Å²) in [6.07, 6.45) is -9.21. The summed E-state index contributed by atoms with van der Waals surface area (Å²) in [4.78, 5) is 24.1. The van der Waals surface area contributed by atoms with Gasteiger partial charge in [-0.2, -0.15) is 0 Å². The minimum atomic E-state index is -1.75. The number of carbonyl (C=O) groups is 2. The highest BCUT2D eigenvalue weighted by Gasteiger charge is 2.55. The molecular weight excluding hydrogens is 516 g/mol. The van der Waals surface area contributed by atoms with Gasteiger partial charge in [0, 0.05) is 6.61 Å². The van der Waals surface area contributed by atoms with Crippen LogP contribution in [0.1, 0.15) is 66.7 Å². The van der Waals surface area contributed by atoms with Crippen molar-refractivity contribution in [2.45, 2.75) is 128 Å². The Morgan fingerprint density at radius 2 is 1.72 bits per heavy atom. The van der Waals surface area contributed by atoms with Crippen molar-refractivity contribution in [2.75, 3.05) is 13.2 Å². The van der Waals surface area contributed by atoms with Crippen LogP contribution in [0.2, 0.25) is 0 Å². The molecule has 39 heavy (non-hydrogen) atoms. The lowest BCUT2D eigenvalue weighted by Crippen LogP contribution is -2.70. The zero-order chi connectivity index (χ0) is 29.5. The molecule has 2 amide bonds. The van der Waals surface area contributed by atoms with Crippen LogP contribution in [-0.2, 0) is 23.7 Å². The van der Waals surface area contributed by atoms with Crippen LogP contribution >= 0.6 is 0 Å². The van der Waals surface area contributed by atoms with Gasteiger partial charge in [-0.1, -0.05) is 47.5 Å². The molecule has 0 saturated carbocycles. The van der Waals surface area contributed by atoms with Crippen molar-refractivity contribution in [3.63, 3.8) is 0 Å². The van der Waals surface area contributed by atoms with E-state index in [1.165, 1.54) is 0 Å². The minimum Gasteiger partial charge on any atom is -0.479 e. The van der Waals surface area contributed by atoms with Crippen LogP contribution in [0.25, 0.3) is 0 Å². The second-order valence-corrected chi connectivity index (χ2v) is 11.1. The lowest BCUT2D eigenvalue weighted by atomic mass is 9.71. The summed E-state index contributed by atoms with van der Waals surface area (Å²) in [5, 5.41) is 55.1. The number of aliphatic hydroxyl groups excluding tert-OH is 4. The quantitative estimate of drug-likeness (QED) is 0.150. The Bertz CT molecular complexity index is 789. The van der Waals surface area contributed by atoms with E-state index < -0.39 is 85.2 Å². The molecule has 2 saturated heterocycles. The maximum Gasteiger partial charge on any atom is 0.335 e. The van der Waals surface area contributed by atoms with Crippen molar-refractivity contribution in [3.05, 3.63) is 0 Å². The Kier molecular flexibility index (Phi) is 12.8. The first-order valence-corrected chi connectivity index (χ1v) is 13.9. The molecule has 0 aromatic heterocycles. The van der Waals surface area contributed by atoms with Crippen LogP contribution in [0.3, 0.4) is 0 Å². The first-order valence-electron chi connectivity index (χ1n) is 13.9. The molecule has 2 rings (SSSR count). The second kappa shape index (κ2) is 14.9. The number of aliphatic hydroxyl groups is 4. The monoisotopic (exact) mass is 564 g/mol. The van der Waals surface area contributed by atoms with Crippen LogP contribution < -0.4 is 11.1 Å². The molecular formula is C26H48N2O11. The van der Waals surface area contributed by atoms with Gasteiger partial charge >= 0.3 is 12.0 Å². The summed E-state index contributed by atoms with van der Waals surface area (Å²) in [7, 11) is 0. The number of urea groups is 1. The second-order valence-electron chi connectivity index (χ2n) is 11.1. The number of carbonyl (C=O) groups excluding carboxylic acids is 1. The van der Waals surface area contributed by atoms with Gasteiger partial charge in [-0.25, -0.2) is 9.59 Å². The van der Waals surface area contributed by atoms with Crippen molar-refractivity contribution in [1.29, 1.82) is 0 Å². The molecule has 2 aliphatic rings. The van der Waals surface area contributed by atoms with Crippen LogP contribution in [0, 0.1) is 11.3 Å². The van der Waals surface area contributed by atoms with E-state index in [0.717, 1.165) is 19.3 Å². The summed E-state index contributed by atoms with van der Waals surface area (Å²) < 4.78 is 23.3. The van der Waals surface area contributed by atoms with E-state index in [2.05, 4.69) is 5.32 Å². The van der Waals surface area contributed by atoms with Gasteiger partial charge < -0.3 is 55.5 Å². The van der Waals surface area contributed by atoms with Gasteiger partial charge in [0.1, 0.15) is 36.6 Å². The topological polar surface area (TPSA) is 210 Å². The van der Waals surface area contributed by atoms with Crippen molar-refractivity contribution in [2.24, 2.45) is 17.1 Å². The molecule has 2 heterocycles. The normalized spacial score (nSPS) is 37.6. The van der Waals surface area contributed by atoms with Crippen molar-refractivity contribution in [3.8, 4) is 0 Å². The Morgan fingerprint density at radius 3 is 2.23 bits per heavy atom. The first-order chi connectivity index (χ1) is 18.3. The predicted octanol–water partition coefficient (Wildman–Crippen LogP) is 0.0982. The molecule has 0 bridgehead atoms. The molecule has 0 aliphatic carbocycles. The van der Waals surface area contributed by atoms with E-state index in [0.29, 0.717) is 12.8 Å². The van der Waals surface area contributed by atoms with E-state index >= 15 is 0 Å². The number of nitrogens with two attached hydrogens (primary N) is 1. The lowest BCUT2D eigenvalue weighted by molar-refractivity contribution is -0.333. The molecule has 2 fully saturated rings. The van der Waals surface area contributed by atoms with E-state index in [1.807, 2.05) is 34.6 Å². The van der Waals surface area contributed by atoms with Gasteiger partial charge in [0.25, 0.3) is 0 Å². The van der Waals surface area contributed by atoms with Gasteiger partial charge in [0.05, 0.1) is 18.8 Å². The molecule has 0 spiro atoms. The third kappa shape index (κ3) is 8.00. The molecule has 2 aliphatic heterocycles. The first kappa shape index (κ1) is 33.6. The molecule has 0 aromatic rings. The fourth-order valence-electron chi connectivity index (χ4n) is 5.62. The van der Waals surface area contributed by atoms with Gasteiger partial charge in [-0.05, 0) is 30.6 Å². The fourth-order valence-corrected chi connectivity index (χ4v) is 5.62. The van der Waals surface area contributed by atoms with E-state index in [-0.39, 0.29) is 12.5 Å². The average molecular weight is 565 g/mol.